The highest BCUT2D eigenvalue weighted by Crippen LogP contribution is 2.51. The Hall–Kier alpha value is -2.80. The Bertz CT molecular complexity index is 1040. The number of hydrogen-bond acceptors (Lipinski definition) is 6. The molecular weight excluding hydrogens is 436 g/mol. The van der Waals surface area contributed by atoms with Crippen LogP contribution in [0.5, 0.6) is 34.5 Å². The summed E-state index contributed by atoms with van der Waals surface area (Å²) < 4.78 is 35.2. The molecule has 0 unspecified atom stereocenters. The number of fused-ring (bicyclic) bond motifs is 1. The molecule has 7 heteroatoms. The smallest absolute Gasteiger partial charge is 0.250 e. The third-order valence-electron chi connectivity index (χ3n) is 6.43. The normalized spacial score (nSPS) is 13.8. The first-order valence-corrected chi connectivity index (χ1v) is 14.0. The molecule has 1 heterocycles. The molecule has 3 rings (SSSR count). The Morgan fingerprint density at radius 1 is 0.818 bits per heavy atom. The lowest BCUT2D eigenvalue weighted by Crippen LogP contribution is -2.43. The first kappa shape index (κ1) is 24.8. The summed E-state index contributed by atoms with van der Waals surface area (Å²) in [6.07, 6.45) is 2.93. The van der Waals surface area contributed by atoms with Crippen LogP contribution in [0.15, 0.2) is 30.3 Å². The standard InChI is InChI=1S/C26H36O6Si/c1-26(2,3)33(8,9)32-21-15-17(12-13-20(21)27-4)18-11-10-14-31-23-19(18)16-22(28-5)24(29-6)25(23)30-7/h11-13,15-16H,10,14H2,1-9H3. The van der Waals surface area contributed by atoms with Crippen LogP contribution in [-0.4, -0.2) is 43.4 Å². The highest BCUT2D eigenvalue weighted by Gasteiger charge is 2.39. The van der Waals surface area contributed by atoms with Gasteiger partial charge in [-0.25, -0.2) is 0 Å². The quantitative estimate of drug-likeness (QED) is 0.440. The van der Waals surface area contributed by atoms with E-state index in [0.29, 0.717) is 29.6 Å². The van der Waals surface area contributed by atoms with E-state index >= 15 is 0 Å². The molecule has 2 aromatic rings. The van der Waals surface area contributed by atoms with Crippen molar-refractivity contribution in [3.05, 3.63) is 41.5 Å². The lowest BCUT2D eigenvalue weighted by atomic mass is 9.95. The average Bonchev–Trinajstić information content (AvgIpc) is 2.98. The van der Waals surface area contributed by atoms with Crippen molar-refractivity contribution in [1.29, 1.82) is 0 Å². The Labute approximate surface area is 198 Å². The van der Waals surface area contributed by atoms with E-state index in [9.17, 15) is 0 Å². The summed E-state index contributed by atoms with van der Waals surface area (Å²) in [7, 11) is 4.41. The van der Waals surface area contributed by atoms with Gasteiger partial charge in [-0.1, -0.05) is 32.9 Å². The zero-order valence-electron chi connectivity index (χ0n) is 21.3. The van der Waals surface area contributed by atoms with Crippen molar-refractivity contribution in [3.8, 4) is 34.5 Å². The van der Waals surface area contributed by atoms with Gasteiger partial charge in [-0.3, -0.25) is 0 Å². The van der Waals surface area contributed by atoms with Crippen molar-refractivity contribution in [2.45, 2.75) is 45.3 Å². The molecule has 0 aromatic heterocycles. The van der Waals surface area contributed by atoms with Crippen LogP contribution in [0.25, 0.3) is 5.57 Å². The van der Waals surface area contributed by atoms with Crippen LogP contribution in [0, 0.1) is 0 Å². The highest BCUT2D eigenvalue weighted by molar-refractivity contribution is 6.74. The maximum Gasteiger partial charge on any atom is 0.250 e. The number of ether oxygens (including phenoxy) is 5. The molecule has 0 N–H and O–H groups in total. The van der Waals surface area contributed by atoms with Gasteiger partial charge in [0, 0.05) is 12.0 Å². The van der Waals surface area contributed by atoms with E-state index in [4.69, 9.17) is 28.1 Å². The van der Waals surface area contributed by atoms with Gasteiger partial charge in [0.15, 0.2) is 17.2 Å². The molecule has 0 fully saturated rings. The predicted molar refractivity (Wildman–Crippen MR) is 134 cm³/mol. The second-order valence-corrected chi connectivity index (χ2v) is 14.2. The van der Waals surface area contributed by atoms with Crippen molar-refractivity contribution < 1.29 is 28.1 Å². The summed E-state index contributed by atoms with van der Waals surface area (Å²) in [5.41, 5.74) is 2.90. The molecule has 0 atom stereocenters. The third kappa shape index (κ3) is 4.78. The van der Waals surface area contributed by atoms with E-state index in [1.165, 1.54) is 0 Å². The molecule has 0 radical (unpaired) electrons. The fourth-order valence-corrected chi connectivity index (χ4v) is 4.59. The maximum absolute atomic E-state index is 6.65. The molecule has 0 amide bonds. The maximum atomic E-state index is 6.65. The summed E-state index contributed by atoms with van der Waals surface area (Å²) in [6.45, 7) is 11.7. The van der Waals surface area contributed by atoms with Gasteiger partial charge in [0.2, 0.25) is 11.5 Å². The molecule has 0 aliphatic carbocycles. The van der Waals surface area contributed by atoms with E-state index in [2.05, 4.69) is 46.0 Å². The van der Waals surface area contributed by atoms with Crippen molar-refractivity contribution >= 4 is 13.9 Å². The lowest BCUT2D eigenvalue weighted by Gasteiger charge is -2.37. The fraction of sp³-hybridized carbons (Fsp3) is 0.462. The van der Waals surface area contributed by atoms with Crippen LogP contribution in [0.3, 0.4) is 0 Å². The molecule has 180 valence electrons. The third-order valence-corrected chi connectivity index (χ3v) is 10.8. The minimum atomic E-state index is -2.07. The summed E-state index contributed by atoms with van der Waals surface area (Å²) in [6, 6.07) is 8.00. The molecule has 1 aliphatic rings. The number of rotatable bonds is 7. The SMILES string of the molecule is COc1ccc(C2=CCCOc3c2cc(OC)c(OC)c3OC)cc1O[Si](C)(C)C(C)(C)C. The van der Waals surface area contributed by atoms with Gasteiger partial charge < -0.3 is 28.1 Å². The molecule has 0 saturated heterocycles. The summed E-state index contributed by atoms with van der Waals surface area (Å²) in [5.74, 6) is 3.72. The number of hydrogen-bond donors (Lipinski definition) is 0. The van der Waals surface area contributed by atoms with E-state index in [0.717, 1.165) is 34.6 Å². The minimum Gasteiger partial charge on any atom is -0.541 e. The topological polar surface area (TPSA) is 55.4 Å². The molecule has 6 nitrogen and oxygen atoms in total. The largest absolute Gasteiger partial charge is 0.541 e. The van der Waals surface area contributed by atoms with Crippen molar-refractivity contribution in [3.63, 3.8) is 0 Å². The molecule has 0 saturated carbocycles. The molecule has 1 aliphatic heterocycles. The van der Waals surface area contributed by atoms with Crippen molar-refractivity contribution in [2.75, 3.05) is 35.0 Å². The predicted octanol–water partition coefficient (Wildman–Crippen LogP) is 6.32. The van der Waals surface area contributed by atoms with E-state index < -0.39 is 8.32 Å². The average molecular weight is 473 g/mol. The summed E-state index contributed by atoms with van der Waals surface area (Å²) in [4.78, 5) is 0. The van der Waals surface area contributed by atoms with Gasteiger partial charge in [0.05, 0.1) is 35.0 Å². The molecule has 0 bridgehead atoms. The Morgan fingerprint density at radius 2 is 1.48 bits per heavy atom. The van der Waals surface area contributed by atoms with Gasteiger partial charge >= 0.3 is 0 Å². The molecule has 2 aromatic carbocycles. The van der Waals surface area contributed by atoms with E-state index in [-0.39, 0.29) is 5.04 Å². The molecular formula is C26H36O6Si. The Balaban J connectivity index is 2.18. The molecule has 0 spiro atoms. The van der Waals surface area contributed by atoms with Gasteiger partial charge in [-0.15, -0.1) is 0 Å². The van der Waals surface area contributed by atoms with Crippen LogP contribution in [0.2, 0.25) is 18.1 Å². The molecule has 33 heavy (non-hydrogen) atoms. The summed E-state index contributed by atoms with van der Waals surface area (Å²) in [5, 5.41) is 0.0628. The van der Waals surface area contributed by atoms with E-state index in [1.807, 2.05) is 18.2 Å². The van der Waals surface area contributed by atoms with Gasteiger partial charge in [-0.05, 0) is 47.5 Å². The second kappa shape index (κ2) is 9.59. The monoisotopic (exact) mass is 472 g/mol. The van der Waals surface area contributed by atoms with Crippen LogP contribution >= 0.6 is 0 Å². The number of methoxy groups -OCH3 is 4. The van der Waals surface area contributed by atoms with Crippen molar-refractivity contribution in [1.82, 2.24) is 0 Å². The van der Waals surface area contributed by atoms with Crippen LogP contribution in [-0.2, 0) is 0 Å². The van der Waals surface area contributed by atoms with Crippen LogP contribution in [0.4, 0.5) is 0 Å². The van der Waals surface area contributed by atoms with Gasteiger partial charge in [-0.2, -0.15) is 0 Å². The lowest BCUT2D eigenvalue weighted by molar-refractivity contribution is 0.281. The van der Waals surface area contributed by atoms with Crippen LogP contribution in [0.1, 0.15) is 38.3 Å². The van der Waals surface area contributed by atoms with Gasteiger partial charge in [0.25, 0.3) is 8.32 Å². The first-order chi connectivity index (χ1) is 15.6. The zero-order chi connectivity index (χ0) is 24.4. The zero-order valence-corrected chi connectivity index (χ0v) is 22.3. The van der Waals surface area contributed by atoms with E-state index in [1.54, 1.807) is 28.4 Å². The summed E-state index contributed by atoms with van der Waals surface area (Å²) >= 11 is 0. The highest BCUT2D eigenvalue weighted by atomic mass is 28.4. The second-order valence-electron chi connectivity index (χ2n) is 9.50. The Kier molecular flexibility index (Phi) is 7.22. The number of benzene rings is 2. The van der Waals surface area contributed by atoms with Gasteiger partial charge in [0.1, 0.15) is 5.75 Å². The first-order valence-electron chi connectivity index (χ1n) is 11.1. The van der Waals surface area contributed by atoms with Crippen LogP contribution < -0.4 is 28.1 Å². The van der Waals surface area contributed by atoms with Crippen molar-refractivity contribution in [2.24, 2.45) is 0 Å². The Morgan fingerprint density at radius 3 is 2.06 bits per heavy atom. The minimum absolute atomic E-state index is 0.0628. The fourth-order valence-electron chi connectivity index (χ4n) is 3.57.